The maximum atomic E-state index is 12.5. The Hall–Kier alpha value is -1.06. The first kappa shape index (κ1) is 14.4. The molecule has 108 valence electrons. The van der Waals surface area contributed by atoms with Gasteiger partial charge in [0.25, 0.3) is 0 Å². The molecule has 0 bridgehead atoms. The van der Waals surface area contributed by atoms with E-state index in [1.807, 2.05) is 4.90 Å². The van der Waals surface area contributed by atoms with Crippen LogP contribution in [0.3, 0.4) is 0 Å². The van der Waals surface area contributed by atoms with Gasteiger partial charge in [-0.2, -0.15) is 0 Å². The van der Waals surface area contributed by atoms with Gasteiger partial charge in [-0.15, -0.1) is 0 Å². The van der Waals surface area contributed by atoms with Crippen molar-refractivity contribution >= 4 is 11.8 Å². The van der Waals surface area contributed by atoms with E-state index in [4.69, 9.17) is 0 Å². The standard InChI is InChI=1S/C15H26N2O2/c1-10(2)9-13-14(18)16-11(3)15(19)17(13)12-7-5-4-6-8-12/h10-13H,4-9H2,1-3H3,(H,16,18). The first-order chi connectivity index (χ1) is 9.00. The fourth-order valence-corrected chi connectivity index (χ4v) is 3.34. The molecule has 1 heterocycles. The van der Waals surface area contributed by atoms with Crippen LogP contribution < -0.4 is 5.32 Å². The summed E-state index contributed by atoms with van der Waals surface area (Å²) in [6.45, 7) is 6.01. The summed E-state index contributed by atoms with van der Waals surface area (Å²) in [6.07, 6.45) is 6.49. The van der Waals surface area contributed by atoms with Crippen LogP contribution in [0.15, 0.2) is 0 Å². The second kappa shape index (κ2) is 5.93. The number of rotatable bonds is 3. The zero-order valence-corrected chi connectivity index (χ0v) is 12.3. The van der Waals surface area contributed by atoms with Crippen molar-refractivity contribution < 1.29 is 9.59 Å². The highest BCUT2D eigenvalue weighted by molar-refractivity contribution is 5.96. The third-order valence-corrected chi connectivity index (χ3v) is 4.28. The van der Waals surface area contributed by atoms with Gasteiger partial charge in [0.2, 0.25) is 11.8 Å². The van der Waals surface area contributed by atoms with Crippen molar-refractivity contribution in [1.82, 2.24) is 10.2 Å². The van der Waals surface area contributed by atoms with Crippen molar-refractivity contribution in [3.05, 3.63) is 0 Å². The van der Waals surface area contributed by atoms with E-state index in [0.717, 1.165) is 19.3 Å². The van der Waals surface area contributed by atoms with Crippen LogP contribution in [-0.2, 0) is 9.59 Å². The lowest BCUT2D eigenvalue weighted by Gasteiger charge is -2.44. The molecule has 2 atom stereocenters. The molecule has 2 rings (SSSR count). The molecule has 1 saturated heterocycles. The Morgan fingerprint density at radius 1 is 1.21 bits per heavy atom. The lowest BCUT2D eigenvalue weighted by molar-refractivity contribution is -0.153. The lowest BCUT2D eigenvalue weighted by Crippen LogP contribution is -2.65. The summed E-state index contributed by atoms with van der Waals surface area (Å²) in [6, 6.07) is -0.344. The monoisotopic (exact) mass is 266 g/mol. The molecule has 1 N–H and O–H groups in total. The predicted octanol–water partition coefficient (Wildman–Crippen LogP) is 2.08. The van der Waals surface area contributed by atoms with Gasteiger partial charge in [-0.3, -0.25) is 9.59 Å². The van der Waals surface area contributed by atoms with Crippen LogP contribution in [-0.4, -0.2) is 34.8 Å². The Labute approximate surface area is 115 Å². The zero-order chi connectivity index (χ0) is 14.0. The zero-order valence-electron chi connectivity index (χ0n) is 12.3. The summed E-state index contributed by atoms with van der Waals surface area (Å²) in [5.74, 6) is 0.562. The van der Waals surface area contributed by atoms with Crippen molar-refractivity contribution in [2.24, 2.45) is 5.92 Å². The molecule has 0 aromatic carbocycles. The average Bonchev–Trinajstić information content (AvgIpc) is 2.37. The molecule has 2 amide bonds. The van der Waals surface area contributed by atoms with Crippen LogP contribution in [0.1, 0.15) is 59.3 Å². The van der Waals surface area contributed by atoms with Gasteiger partial charge < -0.3 is 10.2 Å². The lowest BCUT2D eigenvalue weighted by atomic mass is 9.89. The molecule has 0 aromatic rings. The Kier molecular flexibility index (Phi) is 4.48. The third kappa shape index (κ3) is 3.10. The number of carbonyl (C=O) groups is 2. The van der Waals surface area contributed by atoms with E-state index in [1.54, 1.807) is 6.92 Å². The van der Waals surface area contributed by atoms with E-state index >= 15 is 0 Å². The molecule has 4 nitrogen and oxygen atoms in total. The quantitative estimate of drug-likeness (QED) is 0.850. The molecule has 0 radical (unpaired) electrons. The molecule has 0 spiro atoms. The van der Waals surface area contributed by atoms with Gasteiger partial charge in [0, 0.05) is 6.04 Å². The molecule has 19 heavy (non-hydrogen) atoms. The van der Waals surface area contributed by atoms with E-state index in [1.165, 1.54) is 19.3 Å². The number of piperazine rings is 1. The minimum absolute atomic E-state index is 0.0337. The van der Waals surface area contributed by atoms with E-state index in [-0.39, 0.29) is 29.9 Å². The Morgan fingerprint density at radius 2 is 1.84 bits per heavy atom. The Bertz CT molecular complexity index is 348. The first-order valence-electron chi connectivity index (χ1n) is 7.63. The molecule has 2 unspecified atom stereocenters. The van der Waals surface area contributed by atoms with Crippen LogP contribution in [0.4, 0.5) is 0 Å². The van der Waals surface area contributed by atoms with Crippen molar-refractivity contribution in [3.8, 4) is 0 Å². The molecule has 4 heteroatoms. The molecular formula is C15H26N2O2. The van der Waals surface area contributed by atoms with Crippen molar-refractivity contribution in [2.45, 2.75) is 77.4 Å². The highest BCUT2D eigenvalue weighted by atomic mass is 16.2. The summed E-state index contributed by atoms with van der Waals surface area (Å²) >= 11 is 0. The summed E-state index contributed by atoms with van der Waals surface area (Å²) in [5.41, 5.74) is 0. The molecular weight excluding hydrogens is 240 g/mol. The van der Waals surface area contributed by atoms with Crippen LogP contribution >= 0.6 is 0 Å². The third-order valence-electron chi connectivity index (χ3n) is 4.28. The summed E-state index contributed by atoms with van der Waals surface area (Å²) in [7, 11) is 0. The van der Waals surface area contributed by atoms with Gasteiger partial charge in [0.1, 0.15) is 12.1 Å². The first-order valence-corrected chi connectivity index (χ1v) is 7.63. The van der Waals surface area contributed by atoms with E-state index in [9.17, 15) is 9.59 Å². The second-order valence-electron chi connectivity index (χ2n) is 6.41. The van der Waals surface area contributed by atoms with Gasteiger partial charge >= 0.3 is 0 Å². The van der Waals surface area contributed by atoms with E-state index in [0.29, 0.717) is 5.92 Å². The van der Waals surface area contributed by atoms with Gasteiger partial charge in [-0.1, -0.05) is 33.1 Å². The molecule has 1 aliphatic carbocycles. The largest absolute Gasteiger partial charge is 0.343 e. The fraction of sp³-hybridized carbons (Fsp3) is 0.867. The van der Waals surface area contributed by atoms with Gasteiger partial charge in [-0.25, -0.2) is 0 Å². The van der Waals surface area contributed by atoms with Crippen LogP contribution in [0.2, 0.25) is 0 Å². The maximum Gasteiger partial charge on any atom is 0.245 e. The van der Waals surface area contributed by atoms with E-state index < -0.39 is 0 Å². The number of hydrogen-bond donors (Lipinski definition) is 1. The molecule has 1 saturated carbocycles. The highest BCUT2D eigenvalue weighted by Crippen LogP contribution is 2.28. The number of nitrogens with zero attached hydrogens (tertiary/aromatic N) is 1. The average molecular weight is 266 g/mol. The minimum atomic E-state index is -0.363. The highest BCUT2D eigenvalue weighted by Gasteiger charge is 2.42. The topological polar surface area (TPSA) is 49.4 Å². The molecule has 1 aliphatic heterocycles. The van der Waals surface area contributed by atoms with Crippen molar-refractivity contribution in [2.75, 3.05) is 0 Å². The van der Waals surface area contributed by atoms with Crippen molar-refractivity contribution in [1.29, 1.82) is 0 Å². The molecule has 2 aliphatic rings. The number of carbonyl (C=O) groups excluding carboxylic acids is 2. The van der Waals surface area contributed by atoms with Gasteiger partial charge in [-0.05, 0) is 32.1 Å². The van der Waals surface area contributed by atoms with Crippen LogP contribution in [0.5, 0.6) is 0 Å². The Balaban J connectivity index is 2.19. The van der Waals surface area contributed by atoms with Crippen LogP contribution in [0.25, 0.3) is 0 Å². The van der Waals surface area contributed by atoms with Crippen molar-refractivity contribution in [3.63, 3.8) is 0 Å². The van der Waals surface area contributed by atoms with Gasteiger partial charge in [0.05, 0.1) is 0 Å². The second-order valence-corrected chi connectivity index (χ2v) is 6.41. The Morgan fingerprint density at radius 3 is 2.42 bits per heavy atom. The SMILES string of the molecule is CC(C)CC1C(=O)NC(C)C(=O)N1C1CCCCC1. The fourth-order valence-electron chi connectivity index (χ4n) is 3.34. The normalized spacial score (nSPS) is 29.8. The summed E-state index contributed by atoms with van der Waals surface area (Å²) < 4.78 is 0. The maximum absolute atomic E-state index is 12.5. The number of hydrogen-bond acceptors (Lipinski definition) is 2. The molecule has 0 aromatic heterocycles. The number of nitrogens with one attached hydrogen (secondary N) is 1. The van der Waals surface area contributed by atoms with E-state index in [2.05, 4.69) is 19.2 Å². The number of amides is 2. The van der Waals surface area contributed by atoms with Crippen LogP contribution in [0, 0.1) is 5.92 Å². The predicted molar refractivity (Wildman–Crippen MR) is 74.6 cm³/mol. The molecule has 2 fully saturated rings. The summed E-state index contributed by atoms with van der Waals surface area (Å²) in [5, 5.41) is 2.82. The smallest absolute Gasteiger partial charge is 0.245 e. The summed E-state index contributed by atoms with van der Waals surface area (Å²) in [4.78, 5) is 26.6. The van der Waals surface area contributed by atoms with Gasteiger partial charge in [0.15, 0.2) is 0 Å². The minimum Gasteiger partial charge on any atom is -0.343 e.